The molecular weight excluding hydrogens is 270 g/mol. The van der Waals surface area contributed by atoms with Gasteiger partial charge in [-0.25, -0.2) is 9.97 Å². The standard InChI is InChI=1S/C15H17N3O3/c1-3-21-14-9-13(16-10-17-14)18-12-6-4-5-11(7-12)8-15(19)20-2/h4-7,9-10H,3,8H2,1-2H3,(H,16,17,18). The molecule has 0 atom stereocenters. The van der Waals surface area contributed by atoms with E-state index < -0.39 is 0 Å². The molecule has 0 bridgehead atoms. The first-order valence-electron chi connectivity index (χ1n) is 6.59. The van der Waals surface area contributed by atoms with Crippen LogP contribution in [0.25, 0.3) is 0 Å². The van der Waals surface area contributed by atoms with Crippen LogP contribution >= 0.6 is 0 Å². The average Bonchev–Trinajstić information content (AvgIpc) is 2.48. The molecule has 1 aromatic heterocycles. The minimum absolute atomic E-state index is 0.236. The van der Waals surface area contributed by atoms with E-state index in [1.54, 1.807) is 6.07 Å². The number of nitrogens with zero attached hydrogens (tertiary/aromatic N) is 2. The van der Waals surface area contributed by atoms with Crippen LogP contribution in [0.1, 0.15) is 12.5 Å². The Morgan fingerprint density at radius 1 is 1.29 bits per heavy atom. The molecular formula is C15H17N3O3. The summed E-state index contributed by atoms with van der Waals surface area (Å²) >= 11 is 0. The number of methoxy groups -OCH3 is 1. The van der Waals surface area contributed by atoms with Crippen LogP contribution in [0.3, 0.4) is 0 Å². The van der Waals surface area contributed by atoms with Crippen LogP contribution in [0.2, 0.25) is 0 Å². The van der Waals surface area contributed by atoms with Gasteiger partial charge in [-0.3, -0.25) is 4.79 Å². The van der Waals surface area contributed by atoms with Gasteiger partial charge >= 0.3 is 5.97 Å². The summed E-state index contributed by atoms with van der Waals surface area (Å²) in [5.74, 6) is 0.872. The third kappa shape index (κ3) is 4.45. The molecule has 0 aliphatic rings. The van der Waals surface area contributed by atoms with Crippen molar-refractivity contribution in [3.05, 3.63) is 42.2 Å². The molecule has 6 nitrogen and oxygen atoms in total. The highest BCUT2D eigenvalue weighted by atomic mass is 16.5. The minimum atomic E-state index is -0.271. The Morgan fingerprint density at radius 3 is 2.90 bits per heavy atom. The topological polar surface area (TPSA) is 73.3 Å². The predicted octanol–water partition coefficient (Wildman–Crippen LogP) is 2.33. The van der Waals surface area contributed by atoms with E-state index in [1.807, 2.05) is 31.2 Å². The van der Waals surface area contributed by atoms with Crippen molar-refractivity contribution in [2.75, 3.05) is 19.0 Å². The van der Waals surface area contributed by atoms with Crippen molar-refractivity contribution in [2.45, 2.75) is 13.3 Å². The molecule has 0 unspecified atom stereocenters. The van der Waals surface area contributed by atoms with E-state index in [9.17, 15) is 4.79 Å². The molecule has 1 heterocycles. The first-order chi connectivity index (χ1) is 10.2. The molecule has 0 spiro atoms. The van der Waals surface area contributed by atoms with E-state index in [1.165, 1.54) is 13.4 Å². The van der Waals surface area contributed by atoms with Crippen LogP contribution in [-0.2, 0) is 16.0 Å². The van der Waals surface area contributed by atoms with Crippen molar-refractivity contribution in [2.24, 2.45) is 0 Å². The molecule has 0 saturated carbocycles. The van der Waals surface area contributed by atoms with Gasteiger partial charge in [0.2, 0.25) is 5.88 Å². The number of rotatable bonds is 6. The van der Waals surface area contributed by atoms with Gasteiger partial charge in [-0.2, -0.15) is 0 Å². The van der Waals surface area contributed by atoms with Gasteiger partial charge < -0.3 is 14.8 Å². The van der Waals surface area contributed by atoms with Crippen molar-refractivity contribution in [3.8, 4) is 5.88 Å². The van der Waals surface area contributed by atoms with Gasteiger partial charge in [0.05, 0.1) is 20.1 Å². The molecule has 0 aliphatic carbocycles. The van der Waals surface area contributed by atoms with Crippen LogP contribution in [0.5, 0.6) is 5.88 Å². The van der Waals surface area contributed by atoms with Gasteiger partial charge in [0.15, 0.2) is 0 Å². The fourth-order valence-corrected chi connectivity index (χ4v) is 1.78. The highest BCUT2D eigenvalue weighted by Gasteiger charge is 2.05. The highest BCUT2D eigenvalue weighted by Crippen LogP contribution is 2.18. The number of hydrogen-bond acceptors (Lipinski definition) is 6. The lowest BCUT2D eigenvalue weighted by molar-refractivity contribution is -0.139. The molecule has 0 amide bonds. The van der Waals surface area contributed by atoms with E-state index in [4.69, 9.17) is 4.74 Å². The zero-order chi connectivity index (χ0) is 15.1. The number of anilines is 2. The lowest BCUT2D eigenvalue weighted by atomic mass is 10.1. The minimum Gasteiger partial charge on any atom is -0.478 e. The summed E-state index contributed by atoms with van der Waals surface area (Å²) in [6, 6.07) is 9.22. The molecule has 21 heavy (non-hydrogen) atoms. The maximum Gasteiger partial charge on any atom is 0.309 e. The van der Waals surface area contributed by atoms with Crippen LogP contribution in [0, 0.1) is 0 Å². The van der Waals surface area contributed by atoms with Gasteiger partial charge in [-0.05, 0) is 24.6 Å². The first kappa shape index (κ1) is 14.8. The number of carbonyl (C=O) groups excluding carboxylic acids is 1. The molecule has 0 saturated heterocycles. The number of nitrogens with one attached hydrogen (secondary N) is 1. The first-order valence-corrected chi connectivity index (χ1v) is 6.59. The maximum atomic E-state index is 11.3. The van der Waals surface area contributed by atoms with Gasteiger partial charge in [0, 0.05) is 11.8 Å². The Kier molecular flexibility index (Phi) is 5.09. The lowest BCUT2D eigenvalue weighted by Crippen LogP contribution is -2.04. The number of benzene rings is 1. The van der Waals surface area contributed by atoms with Crippen LogP contribution in [0.4, 0.5) is 11.5 Å². The summed E-state index contributed by atoms with van der Waals surface area (Å²) in [5.41, 5.74) is 1.70. The number of ether oxygens (including phenoxy) is 2. The van der Waals surface area contributed by atoms with Crippen LogP contribution in [-0.4, -0.2) is 29.7 Å². The normalized spacial score (nSPS) is 10.0. The highest BCUT2D eigenvalue weighted by molar-refractivity contribution is 5.73. The third-order valence-electron chi connectivity index (χ3n) is 2.71. The summed E-state index contributed by atoms with van der Waals surface area (Å²) in [6.45, 7) is 2.44. The van der Waals surface area contributed by atoms with Crippen LogP contribution in [0.15, 0.2) is 36.7 Å². The van der Waals surface area contributed by atoms with Gasteiger partial charge in [-0.15, -0.1) is 0 Å². The SMILES string of the molecule is CCOc1cc(Nc2cccc(CC(=O)OC)c2)ncn1. The van der Waals surface area contributed by atoms with Gasteiger partial charge in [0.1, 0.15) is 12.1 Å². The summed E-state index contributed by atoms with van der Waals surface area (Å²) in [7, 11) is 1.38. The molecule has 0 aliphatic heterocycles. The van der Waals surface area contributed by atoms with Crippen LogP contribution < -0.4 is 10.1 Å². The Balaban J connectivity index is 2.10. The van der Waals surface area contributed by atoms with E-state index >= 15 is 0 Å². The van der Waals surface area contributed by atoms with Crippen molar-refractivity contribution < 1.29 is 14.3 Å². The molecule has 6 heteroatoms. The van der Waals surface area contributed by atoms with E-state index in [2.05, 4.69) is 20.0 Å². The Morgan fingerprint density at radius 2 is 2.14 bits per heavy atom. The second-order valence-corrected chi connectivity index (χ2v) is 4.25. The van der Waals surface area contributed by atoms with Crippen molar-refractivity contribution >= 4 is 17.5 Å². The quantitative estimate of drug-likeness (QED) is 0.822. The molecule has 1 aromatic carbocycles. The number of carbonyl (C=O) groups is 1. The Labute approximate surface area is 123 Å². The summed E-state index contributed by atoms with van der Waals surface area (Å²) in [4.78, 5) is 19.4. The molecule has 2 aromatic rings. The molecule has 2 rings (SSSR count). The second kappa shape index (κ2) is 7.23. The number of aromatic nitrogens is 2. The largest absolute Gasteiger partial charge is 0.478 e. The molecule has 0 radical (unpaired) electrons. The maximum absolute atomic E-state index is 11.3. The lowest BCUT2D eigenvalue weighted by Gasteiger charge is -2.08. The molecule has 110 valence electrons. The van der Waals surface area contributed by atoms with E-state index in [0.29, 0.717) is 18.3 Å². The third-order valence-corrected chi connectivity index (χ3v) is 2.71. The van der Waals surface area contributed by atoms with Gasteiger partial charge in [0.25, 0.3) is 0 Å². The van der Waals surface area contributed by atoms with E-state index in [0.717, 1.165) is 11.3 Å². The molecule has 1 N–H and O–H groups in total. The van der Waals surface area contributed by atoms with Gasteiger partial charge in [-0.1, -0.05) is 12.1 Å². The Bertz CT molecular complexity index is 617. The summed E-state index contributed by atoms with van der Waals surface area (Å²) < 4.78 is 9.98. The monoisotopic (exact) mass is 287 g/mol. The fraction of sp³-hybridized carbons (Fsp3) is 0.267. The zero-order valence-corrected chi connectivity index (χ0v) is 12.0. The van der Waals surface area contributed by atoms with Crippen molar-refractivity contribution in [3.63, 3.8) is 0 Å². The van der Waals surface area contributed by atoms with E-state index in [-0.39, 0.29) is 12.4 Å². The number of esters is 1. The average molecular weight is 287 g/mol. The fourth-order valence-electron chi connectivity index (χ4n) is 1.78. The predicted molar refractivity (Wildman–Crippen MR) is 78.6 cm³/mol. The molecule has 0 fully saturated rings. The smallest absolute Gasteiger partial charge is 0.309 e. The zero-order valence-electron chi connectivity index (χ0n) is 12.0. The second-order valence-electron chi connectivity index (χ2n) is 4.25. The number of hydrogen-bond donors (Lipinski definition) is 1. The summed E-state index contributed by atoms with van der Waals surface area (Å²) in [5, 5.41) is 3.15. The Hall–Kier alpha value is -2.63. The summed E-state index contributed by atoms with van der Waals surface area (Å²) in [6.07, 6.45) is 1.67. The van der Waals surface area contributed by atoms with Crippen molar-refractivity contribution in [1.82, 2.24) is 9.97 Å². The van der Waals surface area contributed by atoms with Crippen molar-refractivity contribution in [1.29, 1.82) is 0 Å².